The summed E-state index contributed by atoms with van der Waals surface area (Å²) in [7, 11) is 0. The number of anilines is 3. The number of nitrogens with zero attached hydrogens (tertiary/aromatic N) is 2. The van der Waals surface area contributed by atoms with E-state index in [0.717, 1.165) is 44.7 Å². The van der Waals surface area contributed by atoms with Gasteiger partial charge in [0.2, 0.25) is 0 Å². The van der Waals surface area contributed by atoms with E-state index in [4.69, 9.17) is 4.42 Å². The highest BCUT2D eigenvalue weighted by Crippen LogP contribution is 2.40. The second-order valence-electron chi connectivity index (χ2n) is 12.6. The van der Waals surface area contributed by atoms with Crippen molar-refractivity contribution in [1.29, 1.82) is 0 Å². The highest BCUT2D eigenvalue weighted by molar-refractivity contribution is 6.21. The molecule has 0 aliphatic carbocycles. The number of hydrogen-bond donors (Lipinski definition) is 0. The van der Waals surface area contributed by atoms with Crippen molar-refractivity contribution in [2.24, 2.45) is 0 Å². The number of benzene rings is 8. The first-order valence-corrected chi connectivity index (χ1v) is 16.7. The summed E-state index contributed by atoms with van der Waals surface area (Å²) >= 11 is 0. The van der Waals surface area contributed by atoms with Gasteiger partial charge in [-0.2, -0.15) is 0 Å². The molecule has 10 aromatic rings. The minimum absolute atomic E-state index is 0.894. The van der Waals surface area contributed by atoms with Crippen LogP contribution in [0.2, 0.25) is 0 Å². The monoisotopic (exact) mass is 626 g/mol. The highest BCUT2D eigenvalue weighted by Gasteiger charge is 2.17. The molecule has 2 heterocycles. The van der Waals surface area contributed by atoms with Crippen LogP contribution in [0.5, 0.6) is 0 Å². The summed E-state index contributed by atoms with van der Waals surface area (Å²) in [6.07, 6.45) is 0. The summed E-state index contributed by atoms with van der Waals surface area (Å²) in [5.74, 6) is 0. The second kappa shape index (κ2) is 11.0. The smallest absolute Gasteiger partial charge is 0.135 e. The molecule has 0 fully saturated rings. The Labute approximate surface area is 283 Å². The van der Waals surface area contributed by atoms with Crippen molar-refractivity contribution in [1.82, 2.24) is 4.57 Å². The second-order valence-corrected chi connectivity index (χ2v) is 12.6. The van der Waals surface area contributed by atoms with E-state index in [9.17, 15) is 0 Å². The van der Waals surface area contributed by atoms with Crippen molar-refractivity contribution in [2.45, 2.75) is 0 Å². The van der Waals surface area contributed by atoms with Gasteiger partial charge in [-0.05, 0) is 94.7 Å². The van der Waals surface area contributed by atoms with E-state index in [1.54, 1.807) is 0 Å². The summed E-state index contributed by atoms with van der Waals surface area (Å²) in [4.78, 5) is 2.31. The number of para-hydroxylation sites is 3. The van der Waals surface area contributed by atoms with Gasteiger partial charge in [-0.1, -0.05) is 109 Å². The Kier molecular flexibility index (Phi) is 6.18. The van der Waals surface area contributed by atoms with E-state index in [2.05, 4.69) is 179 Å². The third kappa shape index (κ3) is 4.44. The Morgan fingerprint density at radius 1 is 0.388 bits per heavy atom. The Bertz CT molecular complexity index is 2810. The maximum atomic E-state index is 6.13. The Morgan fingerprint density at radius 2 is 1.00 bits per heavy atom. The predicted molar refractivity (Wildman–Crippen MR) is 206 cm³/mol. The normalized spacial score (nSPS) is 11.7. The number of fused-ring (bicyclic) bond motifs is 8. The third-order valence-corrected chi connectivity index (χ3v) is 9.78. The first-order chi connectivity index (χ1) is 24.3. The molecular formula is C46H30N2O. The summed E-state index contributed by atoms with van der Waals surface area (Å²) in [6.45, 7) is 0. The fourth-order valence-corrected chi connectivity index (χ4v) is 7.50. The molecule has 10 rings (SSSR count). The van der Waals surface area contributed by atoms with E-state index in [-0.39, 0.29) is 0 Å². The van der Waals surface area contributed by atoms with Crippen LogP contribution in [0.1, 0.15) is 0 Å². The third-order valence-electron chi connectivity index (χ3n) is 9.78. The maximum Gasteiger partial charge on any atom is 0.135 e. The number of aromatic nitrogens is 1. The zero-order valence-electron chi connectivity index (χ0n) is 26.6. The molecule has 0 amide bonds. The van der Waals surface area contributed by atoms with Crippen LogP contribution in [-0.2, 0) is 0 Å². The van der Waals surface area contributed by atoms with E-state index in [1.165, 1.54) is 43.7 Å². The molecule has 0 radical (unpaired) electrons. The van der Waals surface area contributed by atoms with Crippen LogP contribution >= 0.6 is 0 Å². The molecule has 0 saturated carbocycles. The lowest BCUT2D eigenvalue weighted by Gasteiger charge is -2.25. The quantitative estimate of drug-likeness (QED) is 0.190. The van der Waals surface area contributed by atoms with E-state index >= 15 is 0 Å². The zero-order chi connectivity index (χ0) is 32.3. The molecule has 0 N–H and O–H groups in total. The van der Waals surface area contributed by atoms with Crippen LogP contribution in [0.3, 0.4) is 0 Å². The maximum absolute atomic E-state index is 6.13. The largest absolute Gasteiger partial charge is 0.456 e. The number of rotatable bonds is 5. The molecule has 0 spiro atoms. The fourth-order valence-electron chi connectivity index (χ4n) is 7.50. The van der Waals surface area contributed by atoms with Gasteiger partial charge in [-0.25, -0.2) is 0 Å². The average molecular weight is 627 g/mol. The Morgan fingerprint density at radius 3 is 1.82 bits per heavy atom. The van der Waals surface area contributed by atoms with Crippen LogP contribution < -0.4 is 4.90 Å². The molecule has 0 aliphatic rings. The predicted octanol–water partition coefficient (Wildman–Crippen LogP) is 13.0. The van der Waals surface area contributed by atoms with Crippen molar-refractivity contribution in [3.63, 3.8) is 0 Å². The molecule has 3 heteroatoms. The van der Waals surface area contributed by atoms with Crippen LogP contribution in [0.4, 0.5) is 17.1 Å². The summed E-state index contributed by atoms with van der Waals surface area (Å²) in [5.41, 5.74) is 11.0. The standard InChI is InChI=1S/C46H30N2O/c1-2-11-34(12-3-1)47(37-27-29-45-41(30-37)39-14-7-9-17-44(39)49-45)35-23-18-31(19-24-35)32-20-25-36(26-21-32)48-42-16-8-6-15-40(42)46-38-13-5-4-10-33(38)22-28-43(46)48/h1-30H. The number of hydrogen-bond acceptors (Lipinski definition) is 2. The van der Waals surface area contributed by atoms with Gasteiger partial charge in [0.25, 0.3) is 0 Å². The molecular weight excluding hydrogens is 597 g/mol. The van der Waals surface area contributed by atoms with Crippen molar-refractivity contribution >= 4 is 71.6 Å². The number of furan rings is 1. The van der Waals surface area contributed by atoms with Gasteiger partial charge < -0.3 is 13.9 Å². The van der Waals surface area contributed by atoms with Crippen molar-refractivity contribution in [3.8, 4) is 16.8 Å². The summed E-state index contributed by atoms with van der Waals surface area (Å²) in [6, 6.07) is 64.9. The lowest BCUT2D eigenvalue weighted by molar-refractivity contribution is 0.669. The van der Waals surface area contributed by atoms with Crippen LogP contribution in [0, 0.1) is 0 Å². The van der Waals surface area contributed by atoms with Crippen LogP contribution in [0.25, 0.3) is 71.3 Å². The molecule has 3 nitrogen and oxygen atoms in total. The molecule has 8 aromatic carbocycles. The van der Waals surface area contributed by atoms with Gasteiger partial charge in [0.15, 0.2) is 0 Å². The van der Waals surface area contributed by atoms with E-state index in [0.29, 0.717) is 0 Å². The minimum atomic E-state index is 0.894. The molecule has 0 aliphatic heterocycles. The van der Waals surface area contributed by atoms with Crippen molar-refractivity contribution < 1.29 is 4.42 Å². The van der Waals surface area contributed by atoms with Gasteiger partial charge in [0, 0.05) is 44.3 Å². The van der Waals surface area contributed by atoms with Crippen LogP contribution in [-0.4, -0.2) is 4.57 Å². The molecule has 0 saturated heterocycles. The van der Waals surface area contributed by atoms with Crippen molar-refractivity contribution in [2.75, 3.05) is 4.90 Å². The lowest BCUT2D eigenvalue weighted by Crippen LogP contribution is -2.09. The van der Waals surface area contributed by atoms with Crippen molar-refractivity contribution in [3.05, 3.63) is 182 Å². The fraction of sp³-hybridized carbons (Fsp3) is 0. The van der Waals surface area contributed by atoms with E-state index in [1.807, 2.05) is 12.1 Å². The molecule has 0 atom stereocenters. The molecule has 2 aromatic heterocycles. The zero-order valence-corrected chi connectivity index (χ0v) is 26.6. The SMILES string of the molecule is c1ccc(N(c2ccc(-c3ccc(-n4c5ccccc5c5c6ccccc6ccc54)cc3)cc2)c2ccc3oc4ccccc4c3c2)cc1. The lowest BCUT2D eigenvalue weighted by atomic mass is 10.0. The highest BCUT2D eigenvalue weighted by atomic mass is 16.3. The molecule has 49 heavy (non-hydrogen) atoms. The van der Waals surface area contributed by atoms with E-state index < -0.39 is 0 Å². The first kappa shape index (κ1) is 27.5. The van der Waals surface area contributed by atoms with Gasteiger partial charge in [0.1, 0.15) is 11.2 Å². The summed E-state index contributed by atoms with van der Waals surface area (Å²) in [5, 5.41) is 7.36. The molecule has 0 unspecified atom stereocenters. The molecule has 230 valence electrons. The minimum Gasteiger partial charge on any atom is -0.456 e. The topological polar surface area (TPSA) is 21.3 Å². The molecule has 0 bridgehead atoms. The van der Waals surface area contributed by atoms with Gasteiger partial charge in [-0.15, -0.1) is 0 Å². The summed E-state index contributed by atoms with van der Waals surface area (Å²) < 4.78 is 8.53. The van der Waals surface area contributed by atoms with Gasteiger partial charge in [0.05, 0.1) is 11.0 Å². The Balaban J connectivity index is 1.03. The Hall–Kier alpha value is -6.58. The van der Waals surface area contributed by atoms with Gasteiger partial charge in [-0.3, -0.25) is 0 Å². The first-order valence-electron chi connectivity index (χ1n) is 16.7. The average Bonchev–Trinajstić information content (AvgIpc) is 3.72. The van der Waals surface area contributed by atoms with Crippen LogP contribution in [0.15, 0.2) is 186 Å². The van der Waals surface area contributed by atoms with Gasteiger partial charge >= 0.3 is 0 Å².